The van der Waals surface area contributed by atoms with Crippen LogP contribution in [-0.4, -0.2) is 53.0 Å². The number of carbonyl (C=O) groups is 2. The van der Waals surface area contributed by atoms with Gasteiger partial charge in [-0.15, -0.1) is 0 Å². The lowest BCUT2D eigenvalue weighted by atomic mass is 9.89. The number of rotatable bonds is 14. The van der Waals surface area contributed by atoms with Crippen molar-refractivity contribution in [2.45, 2.75) is 70.5 Å². The second-order valence-electron chi connectivity index (χ2n) is 7.76. The van der Waals surface area contributed by atoms with Gasteiger partial charge in [-0.3, -0.25) is 9.59 Å². The van der Waals surface area contributed by atoms with Crippen LogP contribution in [-0.2, 0) is 14.3 Å². The van der Waals surface area contributed by atoms with E-state index in [1.807, 2.05) is 19.1 Å². The van der Waals surface area contributed by atoms with E-state index in [1.54, 1.807) is 19.3 Å². The van der Waals surface area contributed by atoms with Gasteiger partial charge in [0.15, 0.2) is 0 Å². The number of ketones is 1. The highest BCUT2D eigenvalue weighted by molar-refractivity contribution is 5.84. The van der Waals surface area contributed by atoms with E-state index >= 15 is 0 Å². The molecule has 28 heavy (non-hydrogen) atoms. The molecule has 5 atom stereocenters. The van der Waals surface area contributed by atoms with Crippen molar-refractivity contribution >= 4 is 11.8 Å². The van der Waals surface area contributed by atoms with Crippen LogP contribution in [0.25, 0.3) is 0 Å². The van der Waals surface area contributed by atoms with E-state index in [0.29, 0.717) is 19.3 Å². The second kappa shape index (κ2) is 13.6. The van der Waals surface area contributed by atoms with E-state index in [9.17, 15) is 19.8 Å². The first kappa shape index (κ1) is 24.5. The predicted octanol–water partition coefficient (Wildman–Crippen LogP) is 3.12. The molecule has 6 heteroatoms. The summed E-state index contributed by atoms with van der Waals surface area (Å²) >= 11 is 0. The molecule has 0 spiro atoms. The van der Waals surface area contributed by atoms with Crippen molar-refractivity contribution in [3.05, 3.63) is 24.3 Å². The molecule has 1 aliphatic rings. The number of hydrogen-bond donors (Lipinski definition) is 3. The van der Waals surface area contributed by atoms with E-state index in [1.165, 1.54) is 0 Å². The van der Waals surface area contributed by atoms with Crippen molar-refractivity contribution in [3.8, 4) is 0 Å². The lowest BCUT2D eigenvalue weighted by Gasteiger charge is -2.19. The van der Waals surface area contributed by atoms with Crippen LogP contribution in [0.1, 0.15) is 58.3 Å². The number of aliphatic hydroxyl groups is 2. The van der Waals surface area contributed by atoms with E-state index in [-0.39, 0.29) is 36.4 Å². The number of ether oxygens (including phenoxy) is 1. The lowest BCUT2D eigenvalue weighted by molar-refractivity contribution is -0.137. The van der Waals surface area contributed by atoms with Gasteiger partial charge in [0.2, 0.25) is 0 Å². The summed E-state index contributed by atoms with van der Waals surface area (Å²) in [7, 11) is 1.68. The molecule has 160 valence electrons. The summed E-state index contributed by atoms with van der Waals surface area (Å²) in [5, 5.41) is 29.2. The Balaban J connectivity index is 2.50. The third-order valence-corrected chi connectivity index (χ3v) is 5.42. The van der Waals surface area contributed by atoms with Gasteiger partial charge in [-0.1, -0.05) is 37.6 Å². The molecule has 1 rings (SSSR count). The summed E-state index contributed by atoms with van der Waals surface area (Å²) < 4.78 is 5.03. The Morgan fingerprint density at radius 2 is 2.04 bits per heavy atom. The fourth-order valence-corrected chi connectivity index (χ4v) is 3.57. The molecule has 1 saturated carbocycles. The van der Waals surface area contributed by atoms with Gasteiger partial charge in [-0.2, -0.15) is 0 Å². The number of carboxylic acid groups (broad SMARTS) is 1. The Hall–Kier alpha value is -1.50. The first-order valence-electron chi connectivity index (χ1n) is 10.3. The number of aliphatic hydroxyl groups excluding tert-OH is 2. The van der Waals surface area contributed by atoms with Crippen molar-refractivity contribution in [3.63, 3.8) is 0 Å². The van der Waals surface area contributed by atoms with E-state index in [2.05, 4.69) is 0 Å². The summed E-state index contributed by atoms with van der Waals surface area (Å²) in [4.78, 5) is 22.7. The number of unbranched alkanes of at least 4 members (excludes halogenated alkanes) is 2. The second-order valence-corrected chi connectivity index (χ2v) is 7.76. The van der Waals surface area contributed by atoms with Crippen molar-refractivity contribution < 1.29 is 29.6 Å². The third-order valence-electron chi connectivity index (χ3n) is 5.42. The minimum atomic E-state index is -0.806. The van der Waals surface area contributed by atoms with Gasteiger partial charge < -0.3 is 20.1 Å². The highest BCUT2D eigenvalue weighted by atomic mass is 16.5. The number of Topliss-reactive ketones (excluding diaryl/α,β-unsaturated/α-hetero) is 1. The van der Waals surface area contributed by atoms with Gasteiger partial charge >= 0.3 is 5.97 Å². The standard InChI is InChI=1S/C22H36O6/c1-16(9-7-8-14-28-2)19(23)13-12-18-17(20(24)15-21(18)25)10-5-3-4-6-11-22(26)27/h3,5,12-13,16-19,21,23,25H,4,6-11,14-15H2,1-2H3,(H,26,27)/b5-3-,13-12+/t16?,17-,18-,19+,21-/m1/s1. The summed E-state index contributed by atoms with van der Waals surface area (Å²) in [6.45, 7) is 2.72. The molecule has 0 aliphatic heterocycles. The van der Waals surface area contributed by atoms with E-state index in [4.69, 9.17) is 9.84 Å². The Labute approximate surface area is 168 Å². The van der Waals surface area contributed by atoms with Gasteiger partial charge in [0.25, 0.3) is 0 Å². The zero-order valence-corrected chi connectivity index (χ0v) is 17.1. The summed E-state index contributed by atoms with van der Waals surface area (Å²) in [5.41, 5.74) is 0. The summed E-state index contributed by atoms with van der Waals surface area (Å²) in [6, 6.07) is 0. The number of aliphatic carboxylic acids is 1. The van der Waals surface area contributed by atoms with Crippen molar-refractivity contribution in [1.82, 2.24) is 0 Å². The largest absolute Gasteiger partial charge is 0.481 e. The Morgan fingerprint density at radius 3 is 2.71 bits per heavy atom. The van der Waals surface area contributed by atoms with E-state index in [0.717, 1.165) is 25.9 Å². The first-order chi connectivity index (χ1) is 13.4. The highest BCUT2D eigenvalue weighted by Gasteiger charge is 2.39. The smallest absolute Gasteiger partial charge is 0.303 e. The average molecular weight is 397 g/mol. The van der Waals surface area contributed by atoms with Crippen LogP contribution >= 0.6 is 0 Å². The van der Waals surface area contributed by atoms with Crippen LogP contribution < -0.4 is 0 Å². The molecule has 0 bridgehead atoms. The summed E-state index contributed by atoms with van der Waals surface area (Å²) in [5.74, 6) is -1.23. The van der Waals surface area contributed by atoms with Gasteiger partial charge in [-0.05, 0) is 38.0 Å². The molecular formula is C22H36O6. The Kier molecular flexibility index (Phi) is 12.0. The molecule has 1 aliphatic carbocycles. The van der Waals surface area contributed by atoms with Crippen LogP contribution in [0.3, 0.4) is 0 Å². The molecule has 0 radical (unpaired) electrons. The fraction of sp³-hybridized carbons (Fsp3) is 0.727. The SMILES string of the molecule is COCCCCC(C)[C@@H](O)/C=C/[C@H]1[C@H](O)CC(=O)[C@@H]1C/C=C\CCCC(=O)O. The molecule has 3 N–H and O–H groups in total. The van der Waals surface area contributed by atoms with Crippen LogP contribution in [0.2, 0.25) is 0 Å². The van der Waals surface area contributed by atoms with Crippen LogP contribution in [0, 0.1) is 17.8 Å². The molecule has 0 heterocycles. The predicted molar refractivity (Wildman–Crippen MR) is 108 cm³/mol. The summed E-state index contributed by atoms with van der Waals surface area (Å²) in [6.07, 6.45) is 10.9. The molecule has 1 unspecified atom stereocenters. The molecule has 0 aromatic rings. The quantitative estimate of drug-likeness (QED) is 0.308. The molecule has 0 saturated heterocycles. The molecule has 0 aromatic heterocycles. The normalized spacial score (nSPS) is 25.0. The minimum Gasteiger partial charge on any atom is -0.481 e. The molecule has 0 aromatic carbocycles. The maximum absolute atomic E-state index is 12.2. The average Bonchev–Trinajstić information content (AvgIpc) is 2.91. The molecule has 1 fully saturated rings. The molecule has 0 amide bonds. The number of carboxylic acids is 1. The van der Waals surface area contributed by atoms with Gasteiger partial charge in [0, 0.05) is 38.4 Å². The first-order valence-corrected chi connectivity index (χ1v) is 10.3. The highest BCUT2D eigenvalue weighted by Crippen LogP contribution is 2.33. The monoisotopic (exact) mass is 396 g/mol. The molecule has 6 nitrogen and oxygen atoms in total. The van der Waals surface area contributed by atoms with Crippen molar-refractivity contribution in [2.24, 2.45) is 17.8 Å². The topological polar surface area (TPSA) is 104 Å². The number of methoxy groups -OCH3 is 1. The zero-order chi connectivity index (χ0) is 20.9. The van der Waals surface area contributed by atoms with Gasteiger partial charge in [0.1, 0.15) is 5.78 Å². The maximum Gasteiger partial charge on any atom is 0.303 e. The van der Waals surface area contributed by atoms with Crippen molar-refractivity contribution in [2.75, 3.05) is 13.7 Å². The lowest BCUT2D eigenvalue weighted by Crippen LogP contribution is -2.20. The zero-order valence-electron chi connectivity index (χ0n) is 17.1. The number of hydrogen-bond acceptors (Lipinski definition) is 5. The van der Waals surface area contributed by atoms with Gasteiger partial charge in [0.05, 0.1) is 12.2 Å². The Bertz CT molecular complexity index is 527. The Morgan fingerprint density at radius 1 is 1.29 bits per heavy atom. The van der Waals surface area contributed by atoms with Crippen molar-refractivity contribution in [1.29, 1.82) is 0 Å². The number of carbonyl (C=O) groups excluding carboxylic acids is 1. The third kappa shape index (κ3) is 9.13. The molecular weight excluding hydrogens is 360 g/mol. The minimum absolute atomic E-state index is 0.0411. The maximum atomic E-state index is 12.2. The van der Waals surface area contributed by atoms with E-state index < -0.39 is 18.2 Å². The van der Waals surface area contributed by atoms with Crippen LogP contribution in [0.15, 0.2) is 24.3 Å². The number of allylic oxidation sites excluding steroid dienone is 2. The van der Waals surface area contributed by atoms with Gasteiger partial charge in [-0.25, -0.2) is 0 Å². The van der Waals surface area contributed by atoms with Crippen LogP contribution in [0.5, 0.6) is 0 Å². The fourth-order valence-electron chi connectivity index (χ4n) is 3.57. The van der Waals surface area contributed by atoms with Crippen LogP contribution in [0.4, 0.5) is 0 Å².